The summed E-state index contributed by atoms with van der Waals surface area (Å²) in [4.78, 5) is 0. The maximum Gasteiger partial charge on any atom is 0.137 e. The van der Waals surface area contributed by atoms with Gasteiger partial charge in [-0.25, -0.2) is 0 Å². The molecule has 3 heteroatoms. The topological polar surface area (TPSA) is 33.0 Å². The van der Waals surface area contributed by atoms with Crippen molar-refractivity contribution >= 4 is 12.6 Å². The summed E-state index contributed by atoms with van der Waals surface area (Å²) in [6.45, 7) is 4.16. The van der Waals surface area contributed by atoms with Gasteiger partial charge in [0.1, 0.15) is 18.4 Å². The summed E-state index contributed by atoms with van der Waals surface area (Å²) in [5, 5.41) is 8.77. The molecule has 0 amide bonds. The van der Waals surface area contributed by atoms with Gasteiger partial charge in [-0.2, -0.15) is 17.9 Å². The van der Waals surface area contributed by atoms with E-state index >= 15 is 0 Å². The summed E-state index contributed by atoms with van der Waals surface area (Å²) < 4.78 is 5.41. The molecule has 0 bridgehead atoms. The fourth-order valence-electron chi connectivity index (χ4n) is 0.910. The minimum absolute atomic E-state index is 0.405. The molecule has 0 unspecified atom stereocenters. The first-order valence-electron chi connectivity index (χ1n) is 4.17. The molecule has 0 saturated heterocycles. The molecule has 72 valence electrons. The van der Waals surface area contributed by atoms with Crippen LogP contribution < -0.4 is 4.74 Å². The Morgan fingerprint density at radius 2 is 2.21 bits per heavy atom. The van der Waals surface area contributed by atoms with Crippen LogP contribution >= 0.6 is 12.6 Å². The maximum absolute atomic E-state index is 8.77. The van der Waals surface area contributed by atoms with Crippen LogP contribution in [0.3, 0.4) is 0 Å². The van der Waals surface area contributed by atoms with Crippen molar-refractivity contribution in [1.82, 2.24) is 0 Å². The lowest BCUT2D eigenvalue weighted by molar-refractivity contribution is 0.352. The normalized spacial score (nSPS) is 9.14. The SMILES string of the molecule is C=C(CS)COc1ccccc1C#N. The van der Waals surface area contributed by atoms with Gasteiger partial charge in [-0.1, -0.05) is 18.7 Å². The molecule has 0 fully saturated rings. The number of para-hydroxylation sites is 1. The van der Waals surface area contributed by atoms with E-state index in [1.807, 2.05) is 6.07 Å². The van der Waals surface area contributed by atoms with E-state index in [9.17, 15) is 0 Å². The van der Waals surface area contributed by atoms with Gasteiger partial charge in [-0.05, 0) is 17.7 Å². The first kappa shape index (κ1) is 10.7. The third kappa shape index (κ3) is 2.82. The van der Waals surface area contributed by atoms with Crippen molar-refractivity contribution in [3.8, 4) is 11.8 Å². The van der Waals surface area contributed by atoms with Crippen molar-refractivity contribution < 1.29 is 4.74 Å². The predicted octanol–water partition coefficient (Wildman–Crippen LogP) is 2.42. The number of rotatable bonds is 4. The second kappa shape index (κ2) is 5.36. The number of benzene rings is 1. The molecule has 2 nitrogen and oxygen atoms in total. The van der Waals surface area contributed by atoms with Gasteiger partial charge in [0, 0.05) is 5.75 Å². The van der Waals surface area contributed by atoms with Crippen molar-refractivity contribution in [3.05, 3.63) is 42.0 Å². The Hall–Kier alpha value is -1.40. The van der Waals surface area contributed by atoms with Crippen molar-refractivity contribution in [2.45, 2.75) is 0 Å². The van der Waals surface area contributed by atoms with Gasteiger partial charge in [0.05, 0.1) is 5.56 Å². The smallest absolute Gasteiger partial charge is 0.137 e. The molecule has 1 aromatic rings. The van der Waals surface area contributed by atoms with E-state index in [0.29, 0.717) is 23.7 Å². The highest BCUT2D eigenvalue weighted by molar-refractivity contribution is 7.80. The van der Waals surface area contributed by atoms with E-state index in [2.05, 4.69) is 25.3 Å². The molecule has 0 aliphatic carbocycles. The molecule has 0 aliphatic rings. The van der Waals surface area contributed by atoms with E-state index in [1.54, 1.807) is 18.2 Å². The number of nitrogens with zero attached hydrogens (tertiary/aromatic N) is 1. The molecule has 1 rings (SSSR count). The molecule has 0 aliphatic heterocycles. The standard InChI is InChI=1S/C11H11NOS/c1-9(8-14)7-13-11-5-3-2-4-10(11)6-12/h2-5,14H,1,7-8H2. The fraction of sp³-hybridized carbons (Fsp3) is 0.182. The molecule has 0 N–H and O–H groups in total. The van der Waals surface area contributed by atoms with Crippen molar-refractivity contribution in [2.75, 3.05) is 12.4 Å². The summed E-state index contributed by atoms with van der Waals surface area (Å²) in [6.07, 6.45) is 0. The van der Waals surface area contributed by atoms with Gasteiger partial charge in [0.25, 0.3) is 0 Å². The Morgan fingerprint density at radius 1 is 1.50 bits per heavy atom. The minimum atomic E-state index is 0.405. The molecule has 1 aromatic carbocycles. The van der Waals surface area contributed by atoms with Crippen molar-refractivity contribution in [2.24, 2.45) is 0 Å². The number of nitriles is 1. The monoisotopic (exact) mass is 205 g/mol. The van der Waals surface area contributed by atoms with E-state index < -0.39 is 0 Å². The van der Waals surface area contributed by atoms with Crippen molar-refractivity contribution in [1.29, 1.82) is 5.26 Å². The molecule has 0 atom stereocenters. The van der Waals surface area contributed by atoms with Crippen LogP contribution in [0.5, 0.6) is 5.75 Å². The van der Waals surface area contributed by atoms with Gasteiger partial charge in [-0.3, -0.25) is 0 Å². The zero-order valence-corrected chi connectivity index (χ0v) is 8.63. The van der Waals surface area contributed by atoms with Gasteiger partial charge < -0.3 is 4.74 Å². The lowest BCUT2D eigenvalue weighted by Gasteiger charge is -2.07. The average Bonchev–Trinajstić information content (AvgIpc) is 2.26. The van der Waals surface area contributed by atoms with Gasteiger partial charge >= 0.3 is 0 Å². The van der Waals surface area contributed by atoms with Crippen LogP contribution in [0, 0.1) is 11.3 Å². The summed E-state index contributed by atoms with van der Waals surface area (Å²) in [7, 11) is 0. The molecule has 0 spiro atoms. The first-order valence-corrected chi connectivity index (χ1v) is 4.80. The fourth-order valence-corrected chi connectivity index (χ4v) is 1.00. The second-order valence-corrected chi connectivity index (χ2v) is 3.12. The zero-order chi connectivity index (χ0) is 10.4. The first-order chi connectivity index (χ1) is 6.77. The van der Waals surface area contributed by atoms with Crippen LogP contribution in [-0.2, 0) is 0 Å². The summed E-state index contributed by atoms with van der Waals surface area (Å²) >= 11 is 4.07. The molecular formula is C11H11NOS. The van der Waals surface area contributed by atoms with E-state index in [4.69, 9.17) is 10.00 Å². The third-order valence-corrected chi connectivity index (χ3v) is 2.11. The molecule has 0 radical (unpaired) electrons. The van der Waals surface area contributed by atoms with Crippen LogP contribution in [0.1, 0.15) is 5.56 Å². The van der Waals surface area contributed by atoms with E-state index in [0.717, 1.165) is 5.57 Å². The van der Waals surface area contributed by atoms with Crippen LogP contribution in [0.2, 0.25) is 0 Å². The van der Waals surface area contributed by atoms with Crippen LogP contribution in [0.4, 0.5) is 0 Å². The summed E-state index contributed by atoms with van der Waals surface area (Å²) in [6, 6.07) is 9.19. The lowest BCUT2D eigenvalue weighted by Crippen LogP contribution is -2.02. The number of ether oxygens (including phenoxy) is 1. The predicted molar refractivity (Wildman–Crippen MR) is 59.6 cm³/mol. The van der Waals surface area contributed by atoms with Crippen LogP contribution in [0.15, 0.2) is 36.4 Å². The highest BCUT2D eigenvalue weighted by Gasteiger charge is 2.01. The lowest BCUT2D eigenvalue weighted by atomic mass is 10.2. The van der Waals surface area contributed by atoms with Gasteiger partial charge in [0.2, 0.25) is 0 Å². The largest absolute Gasteiger partial charge is 0.488 e. The Balaban J connectivity index is 2.68. The number of thiol groups is 1. The van der Waals surface area contributed by atoms with Gasteiger partial charge in [0.15, 0.2) is 0 Å². The number of hydrogen-bond acceptors (Lipinski definition) is 3. The van der Waals surface area contributed by atoms with Crippen LogP contribution in [-0.4, -0.2) is 12.4 Å². The van der Waals surface area contributed by atoms with E-state index in [1.165, 1.54) is 0 Å². The second-order valence-electron chi connectivity index (χ2n) is 2.80. The zero-order valence-electron chi connectivity index (χ0n) is 7.73. The summed E-state index contributed by atoms with van der Waals surface area (Å²) in [5.74, 6) is 1.19. The van der Waals surface area contributed by atoms with Crippen molar-refractivity contribution in [3.63, 3.8) is 0 Å². The Bertz CT molecular complexity index is 368. The molecule has 0 heterocycles. The highest BCUT2D eigenvalue weighted by atomic mass is 32.1. The van der Waals surface area contributed by atoms with Crippen LogP contribution in [0.25, 0.3) is 0 Å². The maximum atomic E-state index is 8.77. The highest BCUT2D eigenvalue weighted by Crippen LogP contribution is 2.17. The Labute approximate surface area is 89.2 Å². The van der Waals surface area contributed by atoms with E-state index in [-0.39, 0.29) is 0 Å². The number of hydrogen-bond donors (Lipinski definition) is 1. The molecule has 14 heavy (non-hydrogen) atoms. The van der Waals surface area contributed by atoms with Gasteiger partial charge in [-0.15, -0.1) is 0 Å². The average molecular weight is 205 g/mol. The molecule has 0 saturated carbocycles. The molecule has 0 aromatic heterocycles. The summed E-state index contributed by atoms with van der Waals surface area (Å²) in [5.41, 5.74) is 1.43. The molecular weight excluding hydrogens is 194 g/mol. The Kier molecular flexibility index (Phi) is 4.09. The minimum Gasteiger partial charge on any atom is -0.488 e. The Morgan fingerprint density at radius 3 is 2.86 bits per heavy atom. The quantitative estimate of drug-likeness (QED) is 0.605. The third-order valence-electron chi connectivity index (χ3n) is 1.66.